The molecule has 5 heteroatoms. The molecule has 0 bridgehead atoms. The fraction of sp³-hybridized carbons (Fsp3) is 0.533. The van der Waals surface area contributed by atoms with Crippen LogP contribution in [0.5, 0.6) is 0 Å². The lowest BCUT2D eigenvalue weighted by atomic mass is 9.86. The van der Waals surface area contributed by atoms with Crippen molar-refractivity contribution in [3.63, 3.8) is 0 Å². The monoisotopic (exact) mass is 279 g/mol. The largest absolute Gasteiger partial charge is 0.331 e. The van der Waals surface area contributed by atoms with Crippen LogP contribution in [-0.4, -0.2) is 15.5 Å². The van der Waals surface area contributed by atoms with Gasteiger partial charge in [0.05, 0.1) is 11.0 Å². The molecule has 1 aliphatic rings. The fourth-order valence-corrected chi connectivity index (χ4v) is 3.05. The normalized spacial score (nSPS) is 19.6. The van der Waals surface area contributed by atoms with Gasteiger partial charge >= 0.3 is 0 Å². The highest BCUT2D eigenvalue weighted by Crippen LogP contribution is 2.41. The summed E-state index contributed by atoms with van der Waals surface area (Å²) >= 11 is 0. The minimum atomic E-state index is -2.49. The molecular formula is C15H19F2N3. The number of aryl methyl sites for hydroxylation is 1. The number of aromatic nitrogens is 2. The summed E-state index contributed by atoms with van der Waals surface area (Å²) in [6.45, 7) is 0.484. The zero-order chi connectivity index (χ0) is 14.3. The van der Waals surface area contributed by atoms with E-state index < -0.39 is 5.92 Å². The van der Waals surface area contributed by atoms with Gasteiger partial charge < -0.3 is 10.3 Å². The summed E-state index contributed by atoms with van der Waals surface area (Å²) < 4.78 is 28.5. The molecule has 3 nitrogen and oxygen atoms in total. The molecule has 1 aliphatic carbocycles. The Kier molecular flexibility index (Phi) is 3.24. The van der Waals surface area contributed by atoms with Crippen LogP contribution in [-0.2, 0) is 13.6 Å². The lowest BCUT2D eigenvalue weighted by molar-refractivity contribution is -0.0389. The van der Waals surface area contributed by atoms with Gasteiger partial charge in [0.1, 0.15) is 5.82 Å². The van der Waals surface area contributed by atoms with E-state index in [1.54, 1.807) is 0 Å². The van der Waals surface area contributed by atoms with E-state index >= 15 is 0 Å². The molecule has 0 atom stereocenters. The Morgan fingerprint density at radius 3 is 2.70 bits per heavy atom. The van der Waals surface area contributed by atoms with Crippen LogP contribution in [0.25, 0.3) is 11.0 Å². The van der Waals surface area contributed by atoms with Crippen molar-refractivity contribution in [3.05, 3.63) is 29.6 Å². The highest BCUT2D eigenvalue weighted by atomic mass is 19.3. The van der Waals surface area contributed by atoms with Gasteiger partial charge in [-0.1, -0.05) is 6.07 Å². The van der Waals surface area contributed by atoms with Gasteiger partial charge in [-0.05, 0) is 30.5 Å². The maximum absolute atomic E-state index is 13.3. The topological polar surface area (TPSA) is 43.8 Å². The number of nitrogens with two attached hydrogens (primary N) is 1. The Hall–Kier alpha value is -1.49. The smallest absolute Gasteiger partial charge is 0.248 e. The standard InChI is InChI=1S/C15H19F2N3/c1-20-13-3-2-10(9-18)8-12(13)19-14(20)11-4-6-15(16,17)7-5-11/h2-3,8,11H,4-7,9,18H2,1H3. The van der Waals surface area contributed by atoms with E-state index in [-0.39, 0.29) is 18.8 Å². The van der Waals surface area contributed by atoms with E-state index in [0.717, 1.165) is 22.4 Å². The molecule has 0 amide bonds. The second-order valence-electron chi connectivity index (χ2n) is 5.69. The second kappa shape index (κ2) is 4.81. The Balaban J connectivity index is 1.94. The van der Waals surface area contributed by atoms with Gasteiger partial charge in [-0.25, -0.2) is 13.8 Å². The minimum Gasteiger partial charge on any atom is -0.331 e. The zero-order valence-corrected chi connectivity index (χ0v) is 11.6. The zero-order valence-electron chi connectivity index (χ0n) is 11.6. The number of imidazole rings is 1. The van der Waals surface area contributed by atoms with Crippen LogP contribution in [0.1, 0.15) is 43.0 Å². The Morgan fingerprint density at radius 1 is 1.35 bits per heavy atom. The van der Waals surface area contributed by atoms with Gasteiger partial charge in [0.2, 0.25) is 5.92 Å². The molecule has 0 unspecified atom stereocenters. The van der Waals surface area contributed by atoms with Crippen LogP contribution in [0.3, 0.4) is 0 Å². The van der Waals surface area contributed by atoms with Gasteiger partial charge in [0.15, 0.2) is 0 Å². The molecule has 0 aliphatic heterocycles. The van der Waals surface area contributed by atoms with Gasteiger partial charge in [-0.15, -0.1) is 0 Å². The average Bonchev–Trinajstić information content (AvgIpc) is 2.75. The van der Waals surface area contributed by atoms with Crippen LogP contribution < -0.4 is 5.73 Å². The predicted octanol–water partition coefficient (Wildman–Crippen LogP) is 3.32. The van der Waals surface area contributed by atoms with Crippen LogP contribution in [0.15, 0.2) is 18.2 Å². The molecule has 1 aromatic heterocycles. The van der Waals surface area contributed by atoms with Crippen molar-refractivity contribution >= 4 is 11.0 Å². The van der Waals surface area contributed by atoms with Gasteiger partial charge in [0.25, 0.3) is 0 Å². The molecule has 20 heavy (non-hydrogen) atoms. The highest BCUT2D eigenvalue weighted by Gasteiger charge is 2.36. The van der Waals surface area contributed by atoms with Crippen molar-refractivity contribution in [2.75, 3.05) is 0 Å². The maximum atomic E-state index is 13.3. The summed E-state index contributed by atoms with van der Waals surface area (Å²) in [7, 11) is 1.96. The van der Waals surface area contributed by atoms with Crippen molar-refractivity contribution in [3.8, 4) is 0 Å². The average molecular weight is 279 g/mol. The molecule has 2 aromatic rings. The van der Waals surface area contributed by atoms with Crippen molar-refractivity contribution < 1.29 is 8.78 Å². The van der Waals surface area contributed by atoms with E-state index in [2.05, 4.69) is 4.98 Å². The van der Waals surface area contributed by atoms with E-state index in [4.69, 9.17) is 5.73 Å². The molecule has 1 fully saturated rings. The third-order valence-corrected chi connectivity index (χ3v) is 4.30. The number of hydrogen-bond donors (Lipinski definition) is 1. The number of benzene rings is 1. The first-order valence-electron chi connectivity index (χ1n) is 7.03. The maximum Gasteiger partial charge on any atom is 0.248 e. The van der Waals surface area contributed by atoms with Crippen molar-refractivity contribution in [1.29, 1.82) is 0 Å². The van der Waals surface area contributed by atoms with Crippen molar-refractivity contribution in [1.82, 2.24) is 9.55 Å². The lowest BCUT2D eigenvalue weighted by Gasteiger charge is -2.27. The summed E-state index contributed by atoms with van der Waals surface area (Å²) in [6.07, 6.45) is 0.950. The third-order valence-electron chi connectivity index (χ3n) is 4.30. The number of halogens is 2. The number of rotatable bonds is 2. The lowest BCUT2D eigenvalue weighted by Crippen LogP contribution is -2.24. The predicted molar refractivity (Wildman–Crippen MR) is 74.8 cm³/mol. The van der Waals surface area contributed by atoms with Gasteiger partial charge in [-0.3, -0.25) is 0 Å². The quantitative estimate of drug-likeness (QED) is 0.916. The molecule has 3 rings (SSSR count). The first-order chi connectivity index (χ1) is 9.50. The number of fused-ring (bicyclic) bond motifs is 1. The molecular weight excluding hydrogens is 260 g/mol. The fourth-order valence-electron chi connectivity index (χ4n) is 3.05. The molecule has 0 saturated heterocycles. The molecule has 1 aromatic carbocycles. The van der Waals surface area contributed by atoms with Crippen molar-refractivity contribution in [2.45, 2.75) is 44.1 Å². The van der Waals surface area contributed by atoms with E-state index in [9.17, 15) is 8.78 Å². The Morgan fingerprint density at radius 2 is 2.05 bits per heavy atom. The molecule has 108 valence electrons. The molecule has 0 radical (unpaired) electrons. The number of nitrogens with zero attached hydrogens (tertiary/aromatic N) is 2. The highest BCUT2D eigenvalue weighted by molar-refractivity contribution is 5.77. The molecule has 1 heterocycles. The minimum absolute atomic E-state index is 0.0328. The van der Waals surface area contributed by atoms with Crippen LogP contribution in [0, 0.1) is 0 Å². The second-order valence-corrected chi connectivity index (χ2v) is 5.69. The summed E-state index contributed by atoms with van der Waals surface area (Å²) in [5.41, 5.74) is 8.62. The summed E-state index contributed by atoms with van der Waals surface area (Å²) in [6, 6.07) is 5.98. The first-order valence-corrected chi connectivity index (χ1v) is 7.03. The third kappa shape index (κ3) is 2.30. The van der Waals surface area contributed by atoms with Crippen LogP contribution in [0.4, 0.5) is 8.78 Å². The van der Waals surface area contributed by atoms with E-state index in [1.807, 2.05) is 29.8 Å². The Labute approximate surface area is 116 Å². The molecule has 2 N–H and O–H groups in total. The SMILES string of the molecule is Cn1c(C2CCC(F)(F)CC2)nc2cc(CN)ccc21. The van der Waals surface area contributed by atoms with Crippen LogP contribution in [0.2, 0.25) is 0 Å². The number of hydrogen-bond acceptors (Lipinski definition) is 2. The van der Waals surface area contributed by atoms with E-state index in [0.29, 0.717) is 19.4 Å². The summed E-state index contributed by atoms with van der Waals surface area (Å²) in [5, 5.41) is 0. The molecule has 1 saturated carbocycles. The van der Waals surface area contributed by atoms with Gasteiger partial charge in [-0.2, -0.15) is 0 Å². The number of alkyl halides is 2. The summed E-state index contributed by atoms with van der Waals surface area (Å²) in [5.74, 6) is -1.44. The van der Waals surface area contributed by atoms with Crippen LogP contribution >= 0.6 is 0 Å². The first kappa shape index (κ1) is 13.5. The summed E-state index contributed by atoms with van der Waals surface area (Å²) in [4.78, 5) is 4.65. The van der Waals surface area contributed by atoms with E-state index in [1.165, 1.54) is 0 Å². The van der Waals surface area contributed by atoms with Gasteiger partial charge in [0, 0.05) is 32.4 Å². The molecule has 0 spiro atoms. The Bertz CT molecular complexity index is 623. The van der Waals surface area contributed by atoms with Crippen molar-refractivity contribution in [2.24, 2.45) is 12.8 Å².